The first-order chi connectivity index (χ1) is 10.3. The maximum atomic E-state index is 12.6. The molecule has 1 aromatic heterocycles. The molecule has 0 unspecified atom stereocenters. The molecule has 120 valence electrons. The van der Waals surface area contributed by atoms with Gasteiger partial charge >= 0.3 is 6.09 Å². The van der Waals surface area contributed by atoms with Crippen LogP contribution in [0.4, 0.5) is 4.79 Å². The topological polar surface area (TPSA) is 101 Å². The summed E-state index contributed by atoms with van der Waals surface area (Å²) in [4.78, 5) is 18.3. The van der Waals surface area contributed by atoms with Crippen molar-refractivity contribution in [3.8, 4) is 0 Å². The summed E-state index contributed by atoms with van der Waals surface area (Å²) in [5, 5.41) is 12.2. The molecule has 0 bridgehead atoms. The Bertz CT molecular complexity index is 550. The summed E-state index contributed by atoms with van der Waals surface area (Å²) in [6.45, 7) is 5.40. The van der Waals surface area contributed by atoms with Crippen LogP contribution in [0.5, 0.6) is 0 Å². The highest BCUT2D eigenvalue weighted by molar-refractivity contribution is 5.89. The molecule has 0 spiro atoms. The van der Waals surface area contributed by atoms with Crippen LogP contribution >= 0.6 is 0 Å². The van der Waals surface area contributed by atoms with E-state index in [0.717, 1.165) is 12.8 Å². The van der Waals surface area contributed by atoms with E-state index in [1.807, 2.05) is 0 Å². The van der Waals surface area contributed by atoms with Crippen LogP contribution in [0, 0.1) is 0 Å². The van der Waals surface area contributed by atoms with Crippen molar-refractivity contribution in [2.24, 2.45) is 10.9 Å². The van der Waals surface area contributed by atoms with Crippen LogP contribution in [-0.4, -0.2) is 38.7 Å². The predicted octanol–water partition coefficient (Wildman–Crippen LogP) is 2.27. The van der Waals surface area contributed by atoms with Crippen molar-refractivity contribution in [1.29, 1.82) is 0 Å². The van der Waals surface area contributed by atoms with Crippen LogP contribution in [0.25, 0.3) is 0 Å². The maximum absolute atomic E-state index is 12.6. The molecule has 3 N–H and O–H groups in total. The molecular formula is C15H22N4O3. The first-order valence-corrected chi connectivity index (χ1v) is 7.23. The van der Waals surface area contributed by atoms with E-state index in [2.05, 4.69) is 10.1 Å². The monoisotopic (exact) mass is 306 g/mol. The van der Waals surface area contributed by atoms with E-state index < -0.39 is 17.7 Å². The molecule has 0 aromatic carbocycles. The number of amides is 1. The van der Waals surface area contributed by atoms with Gasteiger partial charge in [-0.15, -0.1) is 0 Å². The summed E-state index contributed by atoms with van der Waals surface area (Å²) >= 11 is 0. The molecule has 0 radical (unpaired) electrons. The molecule has 1 aromatic rings. The van der Waals surface area contributed by atoms with E-state index in [1.165, 1.54) is 4.90 Å². The average Bonchev–Trinajstić information content (AvgIpc) is 3.27. The Labute approximate surface area is 129 Å². The zero-order valence-electron chi connectivity index (χ0n) is 13.1. The summed E-state index contributed by atoms with van der Waals surface area (Å²) in [7, 11) is 0. The first kappa shape index (κ1) is 16.1. The van der Waals surface area contributed by atoms with Crippen molar-refractivity contribution in [2.75, 3.05) is 0 Å². The van der Waals surface area contributed by atoms with Gasteiger partial charge in [0.2, 0.25) is 0 Å². The highest BCUT2D eigenvalue weighted by Crippen LogP contribution is 2.35. The van der Waals surface area contributed by atoms with Gasteiger partial charge in [-0.1, -0.05) is 11.2 Å². The fraction of sp³-hybridized carbons (Fsp3) is 0.533. The highest BCUT2D eigenvalue weighted by atomic mass is 16.6. The Morgan fingerprint density at radius 3 is 2.64 bits per heavy atom. The van der Waals surface area contributed by atoms with Gasteiger partial charge in [-0.25, -0.2) is 4.79 Å². The third-order valence-electron chi connectivity index (χ3n) is 3.19. The summed E-state index contributed by atoms with van der Waals surface area (Å²) < 4.78 is 5.47. The van der Waals surface area contributed by atoms with Gasteiger partial charge in [0.05, 0.1) is 5.69 Å². The number of hydrogen-bond donors (Lipinski definition) is 2. The fourth-order valence-corrected chi connectivity index (χ4v) is 2.16. The summed E-state index contributed by atoms with van der Waals surface area (Å²) in [5.74, 6) is -0.0866. The molecule has 1 amide bonds. The Balaban J connectivity index is 2.36. The number of carbonyl (C=O) groups excluding carboxylic acids is 1. The Kier molecular flexibility index (Phi) is 4.54. The maximum Gasteiger partial charge on any atom is 0.411 e. The minimum Gasteiger partial charge on any atom is -0.444 e. The lowest BCUT2D eigenvalue weighted by Gasteiger charge is -2.32. The molecule has 1 atom stereocenters. The Morgan fingerprint density at radius 1 is 1.50 bits per heavy atom. The molecular weight excluding hydrogens is 284 g/mol. The van der Waals surface area contributed by atoms with Gasteiger partial charge < -0.3 is 15.7 Å². The number of carbonyl (C=O) groups is 1. The number of rotatable bonds is 4. The lowest BCUT2D eigenvalue weighted by molar-refractivity contribution is 0.0187. The first-order valence-electron chi connectivity index (χ1n) is 7.23. The quantitative estimate of drug-likeness (QED) is 0.384. The normalized spacial score (nSPS) is 17.0. The number of pyridine rings is 1. The summed E-state index contributed by atoms with van der Waals surface area (Å²) in [5.41, 5.74) is 5.74. The third-order valence-corrected chi connectivity index (χ3v) is 3.19. The van der Waals surface area contributed by atoms with Crippen molar-refractivity contribution in [3.63, 3.8) is 0 Å². The van der Waals surface area contributed by atoms with Crippen LogP contribution in [-0.2, 0) is 4.74 Å². The van der Waals surface area contributed by atoms with Crippen LogP contribution in [0.3, 0.4) is 0 Å². The lowest BCUT2D eigenvalue weighted by Crippen LogP contribution is -2.45. The fourth-order valence-electron chi connectivity index (χ4n) is 2.16. The van der Waals surface area contributed by atoms with Gasteiger partial charge in [-0.2, -0.15) is 0 Å². The number of amidine groups is 1. The van der Waals surface area contributed by atoms with Crippen molar-refractivity contribution < 1.29 is 14.7 Å². The second kappa shape index (κ2) is 6.21. The molecule has 7 heteroatoms. The van der Waals surface area contributed by atoms with E-state index in [1.54, 1.807) is 45.2 Å². The predicted molar refractivity (Wildman–Crippen MR) is 81.5 cm³/mol. The standard InChI is InChI=1S/C15H22N4O3/c1-15(2,3)22-14(20)19(10-7-8-10)12(13(16)18-21)11-6-4-5-9-17-11/h4-6,9-10,12,21H,7-8H2,1-3H3,(H2,16,18)/t12-/m1/s1. The molecule has 0 saturated heterocycles. The second-order valence-corrected chi connectivity index (χ2v) is 6.30. The van der Waals surface area contributed by atoms with Crippen molar-refractivity contribution in [1.82, 2.24) is 9.88 Å². The zero-order valence-corrected chi connectivity index (χ0v) is 13.1. The second-order valence-electron chi connectivity index (χ2n) is 6.30. The van der Waals surface area contributed by atoms with Crippen molar-refractivity contribution >= 4 is 11.9 Å². The SMILES string of the molecule is CC(C)(C)OC(=O)N(C1CC1)[C@@H](C(N)=NO)c1ccccn1. The molecule has 0 aliphatic heterocycles. The Hall–Kier alpha value is -2.31. The number of hydrogen-bond acceptors (Lipinski definition) is 5. The van der Waals surface area contributed by atoms with Crippen LogP contribution in [0.2, 0.25) is 0 Å². The molecule has 1 aliphatic rings. The number of nitrogens with zero attached hydrogens (tertiary/aromatic N) is 3. The highest BCUT2D eigenvalue weighted by Gasteiger charge is 2.42. The van der Waals surface area contributed by atoms with E-state index in [9.17, 15) is 4.79 Å². The minimum absolute atomic E-state index is 0.0159. The van der Waals surface area contributed by atoms with E-state index >= 15 is 0 Å². The van der Waals surface area contributed by atoms with Gasteiger partial charge in [-0.3, -0.25) is 9.88 Å². The van der Waals surface area contributed by atoms with E-state index in [0.29, 0.717) is 5.69 Å². The number of oxime groups is 1. The molecule has 22 heavy (non-hydrogen) atoms. The Morgan fingerprint density at radius 2 is 2.18 bits per heavy atom. The zero-order chi connectivity index (χ0) is 16.3. The number of aromatic nitrogens is 1. The number of ether oxygens (including phenoxy) is 1. The van der Waals surface area contributed by atoms with Gasteiger partial charge in [0, 0.05) is 12.2 Å². The molecule has 2 rings (SSSR count). The molecule has 7 nitrogen and oxygen atoms in total. The molecule has 1 heterocycles. The van der Waals surface area contributed by atoms with E-state index in [4.69, 9.17) is 15.7 Å². The van der Waals surface area contributed by atoms with Gasteiger partial charge in [0.15, 0.2) is 5.84 Å². The van der Waals surface area contributed by atoms with Crippen molar-refractivity contribution in [2.45, 2.75) is 51.3 Å². The van der Waals surface area contributed by atoms with Crippen LogP contribution < -0.4 is 5.73 Å². The van der Waals surface area contributed by atoms with Crippen LogP contribution in [0.15, 0.2) is 29.6 Å². The van der Waals surface area contributed by atoms with Gasteiger partial charge in [-0.05, 0) is 45.7 Å². The molecule has 1 aliphatic carbocycles. The van der Waals surface area contributed by atoms with E-state index in [-0.39, 0.29) is 11.9 Å². The smallest absolute Gasteiger partial charge is 0.411 e. The average molecular weight is 306 g/mol. The minimum atomic E-state index is -0.742. The van der Waals surface area contributed by atoms with Crippen molar-refractivity contribution in [3.05, 3.63) is 30.1 Å². The largest absolute Gasteiger partial charge is 0.444 e. The summed E-state index contributed by atoms with van der Waals surface area (Å²) in [6, 6.07) is 4.57. The lowest BCUT2D eigenvalue weighted by atomic mass is 10.1. The molecule has 1 fully saturated rings. The summed E-state index contributed by atoms with van der Waals surface area (Å²) in [6.07, 6.45) is 2.84. The molecule has 1 saturated carbocycles. The van der Waals surface area contributed by atoms with Gasteiger partial charge in [0.1, 0.15) is 11.6 Å². The third kappa shape index (κ3) is 3.87. The van der Waals surface area contributed by atoms with Crippen LogP contribution in [0.1, 0.15) is 45.3 Å². The number of nitrogens with two attached hydrogens (primary N) is 1. The van der Waals surface area contributed by atoms with Gasteiger partial charge in [0.25, 0.3) is 0 Å².